The Morgan fingerprint density at radius 3 is 2.77 bits per heavy atom. The number of hydrogen-bond acceptors (Lipinski definition) is 3. The predicted molar refractivity (Wildman–Crippen MR) is 120 cm³/mol. The molecule has 1 saturated carbocycles. The number of nitrogens with zero attached hydrogens (tertiary/aromatic N) is 5. The first-order valence-corrected chi connectivity index (χ1v) is 11.0. The van der Waals surface area contributed by atoms with Gasteiger partial charge in [0.05, 0.1) is 17.5 Å². The van der Waals surface area contributed by atoms with Gasteiger partial charge < -0.3 is 9.88 Å². The molecule has 0 radical (unpaired) electrons. The topological polar surface area (TPSA) is 68.0 Å². The van der Waals surface area contributed by atoms with Gasteiger partial charge in [0, 0.05) is 49.1 Å². The number of aryl methyl sites for hydroxylation is 4. The van der Waals surface area contributed by atoms with Crippen LogP contribution in [0.15, 0.2) is 30.7 Å². The van der Waals surface area contributed by atoms with E-state index in [-0.39, 0.29) is 12.1 Å². The third-order valence-corrected chi connectivity index (χ3v) is 6.23. The van der Waals surface area contributed by atoms with Crippen LogP contribution in [0.3, 0.4) is 0 Å². The quantitative estimate of drug-likeness (QED) is 0.618. The van der Waals surface area contributed by atoms with Crippen LogP contribution in [-0.4, -0.2) is 37.9 Å². The van der Waals surface area contributed by atoms with E-state index in [1.807, 2.05) is 43.0 Å². The number of urea groups is 1. The number of carbonyl (C=O) groups is 1. The van der Waals surface area contributed by atoms with Crippen molar-refractivity contribution in [3.8, 4) is 0 Å². The second-order valence-electron chi connectivity index (χ2n) is 8.39. The maximum atomic E-state index is 13.3. The number of fused-ring (bicyclic) bond motifs is 1. The summed E-state index contributed by atoms with van der Waals surface area (Å²) in [4.78, 5) is 19.4. The number of imidazole rings is 1. The minimum absolute atomic E-state index is 0.00231. The zero-order chi connectivity index (χ0) is 21.1. The molecule has 1 N–H and O–H groups in total. The highest BCUT2D eigenvalue weighted by Gasteiger charge is 2.27. The van der Waals surface area contributed by atoms with E-state index in [4.69, 9.17) is 0 Å². The predicted octanol–water partition coefficient (Wildman–Crippen LogP) is 4.33. The summed E-state index contributed by atoms with van der Waals surface area (Å²) < 4.78 is 4.02. The van der Waals surface area contributed by atoms with Gasteiger partial charge in [-0.2, -0.15) is 5.10 Å². The molecule has 4 rings (SSSR count). The van der Waals surface area contributed by atoms with Crippen molar-refractivity contribution in [3.63, 3.8) is 0 Å². The van der Waals surface area contributed by atoms with Crippen LogP contribution in [-0.2, 0) is 13.6 Å². The van der Waals surface area contributed by atoms with E-state index in [0.717, 1.165) is 53.8 Å². The second kappa shape index (κ2) is 8.90. The zero-order valence-electron chi connectivity index (χ0n) is 18.3. The molecule has 1 aromatic carbocycles. The van der Waals surface area contributed by atoms with Crippen molar-refractivity contribution in [1.29, 1.82) is 0 Å². The normalized spacial score (nSPS) is 14.9. The summed E-state index contributed by atoms with van der Waals surface area (Å²) in [6, 6.07) is 6.53. The van der Waals surface area contributed by atoms with E-state index in [2.05, 4.69) is 38.2 Å². The molecule has 0 spiro atoms. The van der Waals surface area contributed by atoms with Gasteiger partial charge in [-0.3, -0.25) is 9.58 Å². The Balaban J connectivity index is 1.50. The SMILES string of the molecule is Cc1nn(C)c2cc(N(C(=O)NCCCn3cncc3C)C3CCCCC3)ccc12. The summed E-state index contributed by atoms with van der Waals surface area (Å²) in [6.45, 7) is 5.57. The fourth-order valence-electron chi connectivity index (χ4n) is 4.56. The van der Waals surface area contributed by atoms with Crippen molar-refractivity contribution in [2.75, 3.05) is 11.4 Å². The van der Waals surface area contributed by atoms with Crippen LogP contribution in [0, 0.1) is 13.8 Å². The Kier molecular flexibility index (Phi) is 6.06. The largest absolute Gasteiger partial charge is 0.338 e. The van der Waals surface area contributed by atoms with E-state index in [9.17, 15) is 4.79 Å². The van der Waals surface area contributed by atoms with Crippen LogP contribution >= 0.6 is 0 Å². The number of benzene rings is 1. The third-order valence-electron chi connectivity index (χ3n) is 6.23. The Hall–Kier alpha value is -2.83. The zero-order valence-corrected chi connectivity index (χ0v) is 18.3. The molecule has 1 fully saturated rings. The average molecular weight is 409 g/mol. The first kappa shape index (κ1) is 20.4. The average Bonchev–Trinajstić information content (AvgIpc) is 3.28. The molecule has 160 valence electrons. The van der Waals surface area contributed by atoms with E-state index < -0.39 is 0 Å². The summed E-state index contributed by atoms with van der Waals surface area (Å²) in [5, 5.41) is 8.83. The lowest BCUT2D eigenvalue weighted by Gasteiger charge is -2.34. The van der Waals surface area contributed by atoms with E-state index in [1.165, 1.54) is 19.3 Å². The fraction of sp³-hybridized carbons (Fsp3) is 0.522. The van der Waals surface area contributed by atoms with E-state index in [0.29, 0.717) is 6.54 Å². The van der Waals surface area contributed by atoms with Crippen LogP contribution in [0.2, 0.25) is 0 Å². The Bertz CT molecular complexity index is 1010. The minimum atomic E-state index is 0.00231. The minimum Gasteiger partial charge on any atom is -0.338 e. The van der Waals surface area contributed by atoms with Gasteiger partial charge in [0.15, 0.2) is 0 Å². The molecule has 7 nitrogen and oxygen atoms in total. The molecule has 0 bridgehead atoms. The smallest absolute Gasteiger partial charge is 0.322 e. The van der Waals surface area contributed by atoms with Crippen molar-refractivity contribution >= 4 is 22.6 Å². The number of carbonyl (C=O) groups excluding carboxylic acids is 1. The van der Waals surface area contributed by atoms with Crippen LogP contribution in [0.25, 0.3) is 10.9 Å². The van der Waals surface area contributed by atoms with Crippen LogP contribution in [0.5, 0.6) is 0 Å². The third kappa shape index (κ3) is 4.20. The lowest BCUT2D eigenvalue weighted by Crippen LogP contribution is -2.47. The summed E-state index contributed by atoms with van der Waals surface area (Å²) in [5.41, 5.74) is 4.18. The van der Waals surface area contributed by atoms with Crippen molar-refractivity contribution in [3.05, 3.63) is 42.1 Å². The fourth-order valence-corrected chi connectivity index (χ4v) is 4.56. The molecule has 2 aromatic heterocycles. The van der Waals surface area contributed by atoms with Gasteiger partial charge in [0.25, 0.3) is 0 Å². The first-order chi connectivity index (χ1) is 14.5. The van der Waals surface area contributed by atoms with Crippen LogP contribution in [0.1, 0.15) is 49.9 Å². The molecular weight excluding hydrogens is 376 g/mol. The molecule has 0 unspecified atom stereocenters. The second-order valence-corrected chi connectivity index (χ2v) is 8.39. The van der Waals surface area contributed by atoms with Crippen molar-refractivity contribution in [2.45, 2.75) is 65.0 Å². The van der Waals surface area contributed by atoms with Gasteiger partial charge in [0.2, 0.25) is 0 Å². The van der Waals surface area contributed by atoms with Crippen LogP contribution < -0.4 is 10.2 Å². The van der Waals surface area contributed by atoms with Crippen LogP contribution in [0.4, 0.5) is 10.5 Å². The Morgan fingerprint density at radius 1 is 1.23 bits per heavy atom. The molecule has 7 heteroatoms. The van der Waals surface area contributed by atoms with Gasteiger partial charge >= 0.3 is 6.03 Å². The van der Waals surface area contributed by atoms with Gasteiger partial charge in [-0.25, -0.2) is 9.78 Å². The molecule has 1 aliphatic rings. The van der Waals surface area contributed by atoms with E-state index in [1.54, 1.807) is 0 Å². The highest BCUT2D eigenvalue weighted by Crippen LogP contribution is 2.30. The molecular formula is C23H32N6O. The highest BCUT2D eigenvalue weighted by molar-refractivity contribution is 5.95. The summed E-state index contributed by atoms with van der Waals surface area (Å²) in [7, 11) is 1.96. The van der Waals surface area contributed by atoms with Crippen molar-refractivity contribution in [1.82, 2.24) is 24.6 Å². The first-order valence-electron chi connectivity index (χ1n) is 11.0. The van der Waals surface area contributed by atoms with Gasteiger partial charge in [-0.1, -0.05) is 19.3 Å². The summed E-state index contributed by atoms with van der Waals surface area (Å²) in [6.07, 6.45) is 10.3. The molecule has 0 saturated heterocycles. The standard InChI is InChI=1S/C23H32N6O/c1-17-15-24-16-28(17)13-7-12-25-23(30)29(19-8-5-4-6-9-19)20-10-11-21-18(2)26-27(3)22(21)14-20/h10-11,14-16,19H,4-9,12-13H2,1-3H3,(H,25,30). The van der Waals surface area contributed by atoms with Gasteiger partial charge in [0.1, 0.15) is 0 Å². The van der Waals surface area contributed by atoms with Gasteiger partial charge in [-0.15, -0.1) is 0 Å². The molecule has 1 aliphatic carbocycles. The van der Waals surface area contributed by atoms with Gasteiger partial charge in [-0.05, 0) is 51.3 Å². The Labute approximate surface area is 178 Å². The monoisotopic (exact) mass is 408 g/mol. The van der Waals surface area contributed by atoms with E-state index >= 15 is 0 Å². The maximum Gasteiger partial charge on any atom is 0.322 e. The maximum absolute atomic E-state index is 13.3. The molecule has 30 heavy (non-hydrogen) atoms. The molecule has 3 aromatic rings. The summed E-state index contributed by atoms with van der Waals surface area (Å²) >= 11 is 0. The number of rotatable bonds is 6. The lowest BCUT2D eigenvalue weighted by atomic mass is 9.94. The molecule has 2 amide bonds. The number of hydrogen-bond donors (Lipinski definition) is 1. The van der Waals surface area contributed by atoms with Crippen molar-refractivity contribution < 1.29 is 4.79 Å². The molecule has 0 aliphatic heterocycles. The molecule has 2 heterocycles. The van der Waals surface area contributed by atoms with Crippen molar-refractivity contribution in [2.24, 2.45) is 7.05 Å². The number of nitrogens with one attached hydrogen (secondary N) is 1. The summed E-state index contributed by atoms with van der Waals surface area (Å²) in [5.74, 6) is 0. The highest BCUT2D eigenvalue weighted by atomic mass is 16.2. The number of amides is 2. The number of anilines is 1. The Morgan fingerprint density at radius 2 is 2.03 bits per heavy atom. The number of aromatic nitrogens is 4. The lowest BCUT2D eigenvalue weighted by molar-refractivity contribution is 0.241. The molecule has 0 atom stereocenters.